The van der Waals surface area contributed by atoms with Gasteiger partial charge >= 0.3 is 0 Å². The van der Waals surface area contributed by atoms with Crippen molar-refractivity contribution in [1.82, 2.24) is 29.4 Å². The van der Waals surface area contributed by atoms with Crippen LogP contribution >= 0.6 is 0 Å². The lowest BCUT2D eigenvalue weighted by atomic mass is 10.2. The van der Waals surface area contributed by atoms with Gasteiger partial charge in [-0.1, -0.05) is 5.21 Å². The SMILES string of the molecule is Cc1c(-c2ccc3nc(CO)cn3c2)nnn1-c1cccnc1F. The second-order valence-electron chi connectivity index (χ2n) is 5.32. The van der Waals surface area contributed by atoms with Crippen molar-refractivity contribution in [3.8, 4) is 16.9 Å². The van der Waals surface area contributed by atoms with Crippen LogP contribution in [-0.2, 0) is 6.61 Å². The first-order valence-electron chi connectivity index (χ1n) is 7.29. The first kappa shape index (κ1) is 14.5. The number of nitrogens with zero attached hydrogens (tertiary/aromatic N) is 6. The first-order valence-corrected chi connectivity index (χ1v) is 7.29. The van der Waals surface area contributed by atoms with E-state index in [1.54, 1.807) is 18.3 Å². The Balaban J connectivity index is 1.82. The highest BCUT2D eigenvalue weighted by atomic mass is 19.1. The van der Waals surface area contributed by atoms with Crippen LogP contribution in [0.5, 0.6) is 0 Å². The Bertz CT molecular complexity index is 1040. The van der Waals surface area contributed by atoms with Crippen molar-refractivity contribution < 1.29 is 9.50 Å². The van der Waals surface area contributed by atoms with Gasteiger partial charge in [-0.15, -0.1) is 5.10 Å². The number of hydrogen-bond acceptors (Lipinski definition) is 5. The molecule has 8 heteroatoms. The van der Waals surface area contributed by atoms with Crippen LogP contribution in [0, 0.1) is 12.9 Å². The normalized spacial score (nSPS) is 11.3. The topological polar surface area (TPSA) is 81.1 Å². The summed E-state index contributed by atoms with van der Waals surface area (Å²) >= 11 is 0. The number of aliphatic hydroxyl groups excluding tert-OH is 1. The van der Waals surface area contributed by atoms with Crippen molar-refractivity contribution >= 4 is 5.65 Å². The molecule has 7 nitrogen and oxygen atoms in total. The van der Waals surface area contributed by atoms with E-state index in [0.29, 0.717) is 17.1 Å². The third-order valence-electron chi connectivity index (χ3n) is 3.80. The molecule has 0 radical (unpaired) electrons. The number of halogens is 1. The monoisotopic (exact) mass is 324 g/mol. The van der Waals surface area contributed by atoms with Crippen LogP contribution in [0.2, 0.25) is 0 Å². The lowest BCUT2D eigenvalue weighted by molar-refractivity contribution is 0.277. The number of pyridine rings is 2. The standard InChI is InChI=1S/C16H13FN6O/c1-10-15(20-21-23(10)13-3-2-6-18-16(13)17)11-4-5-14-19-12(9-24)8-22(14)7-11/h2-8,24H,9H2,1H3. The third kappa shape index (κ3) is 2.24. The molecule has 0 atom stereocenters. The van der Waals surface area contributed by atoms with Gasteiger partial charge in [-0.05, 0) is 31.2 Å². The fourth-order valence-electron chi connectivity index (χ4n) is 2.62. The van der Waals surface area contributed by atoms with Gasteiger partial charge in [-0.2, -0.15) is 4.39 Å². The molecular weight excluding hydrogens is 311 g/mol. The minimum Gasteiger partial charge on any atom is -0.390 e. The molecular formula is C16H13FN6O. The second kappa shape index (κ2) is 5.50. The van der Waals surface area contributed by atoms with Crippen molar-refractivity contribution in [1.29, 1.82) is 0 Å². The molecule has 120 valence electrons. The van der Waals surface area contributed by atoms with E-state index in [1.807, 2.05) is 29.7 Å². The predicted molar refractivity (Wildman–Crippen MR) is 84.0 cm³/mol. The summed E-state index contributed by atoms with van der Waals surface area (Å²) in [5, 5.41) is 17.4. The Morgan fingerprint density at radius 1 is 1.21 bits per heavy atom. The van der Waals surface area contributed by atoms with Gasteiger partial charge in [0.1, 0.15) is 17.0 Å². The minimum atomic E-state index is -0.602. The number of imidazole rings is 1. The molecule has 0 aliphatic heterocycles. The molecule has 0 unspecified atom stereocenters. The maximum atomic E-state index is 13.9. The predicted octanol–water partition coefficient (Wildman–Crippen LogP) is 1.92. The van der Waals surface area contributed by atoms with Crippen LogP contribution in [-0.4, -0.2) is 34.5 Å². The van der Waals surface area contributed by atoms with Crippen molar-refractivity contribution in [3.63, 3.8) is 0 Å². The minimum absolute atomic E-state index is 0.119. The zero-order chi connectivity index (χ0) is 16.7. The molecule has 4 aromatic rings. The zero-order valence-corrected chi connectivity index (χ0v) is 12.8. The summed E-state index contributed by atoms with van der Waals surface area (Å²) in [5.41, 5.74) is 3.72. The van der Waals surface area contributed by atoms with E-state index in [2.05, 4.69) is 20.3 Å². The highest BCUT2D eigenvalue weighted by Gasteiger charge is 2.15. The Labute approximate surface area is 136 Å². The van der Waals surface area contributed by atoms with E-state index in [-0.39, 0.29) is 12.3 Å². The Hall–Kier alpha value is -3.13. The van der Waals surface area contributed by atoms with Gasteiger partial charge in [0.05, 0.1) is 18.0 Å². The van der Waals surface area contributed by atoms with Crippen LogP contribution in [0.3, 0.4) is 0 Å². The zero-order valence-electron chi connectivity index (χ0n) is 12.8. The molecule has 24 heavy (non-hydrogen) atoms. The molecule has 0 fully saturated rings. The number of aromatic nitrogens is 6. The van der Waals surface area contributed by atoms with Gasteiger partial charge in [0.25, 0.3) is 0 Å². The maximum Gasteiger partial charge on any atom is 0.238 e. The summed E-state index contributed by atoms with van der Waals surface area (Å²) in [6, 6.07) is 6.94. The number of aliphatic hydroxyl groups is 1. The lowest BCUT2D eigenvalue weighted by Gasteiger charge is -2.04. The highest BCUT2D eigenvalue weighted by molar-refractivity contribution is 5.63. The Kier molecular flexibility index (Phi) is 3.31. The summed E-state index contributed by atoms with van der Waals surface area (Å²) in [6.07, 6.45) is 4.99. The molecule has 0 bridgehead atoms. The van der Waals surface area contributed by atoms with Gasteiger partial charge in [-0.25, -0.2) is 14.6 Å². The van der Waals surface area contributed by atoms with E-state index < -0.39 is 5.95 Å². The number of hydrogen-bond donors (Lipinski definition) is 1. The molecule has 0 saturated carbocycles. The van der Waals surface area contributed by atoms with E-state index in [4.69, 9.17) is 0 Å². The summed E-state index contributed by atoms with van der Waals surface area (Å²) in [6.45, 7) is 1.70. The lowest BCUT2D eigenvalue weighted by Crippen LogP contribution is -2.03. The van der Waals surface area contributed by atoms with E-state index in [1.165, 1.54) is 10.9 Å². The number of rotatable bonds is 3. The van der Waals surface area contributed by atoms with Gasteiger partial charge in [0.15, 0.2) is 0 Å². The third-order valence-corrected chi connectivity index (χ3v) is 3.80. The molecule has 1 N–H and O–H groups in total. The van der Waals surface area contributed by atoms with E-state index in [0.717, 1.165) is 11.2 Å². The highest BCUT2D eigenvalue weighted by Crippen LogP contribution is 2.24. The van der Waals surface area contributed by atoms with E-state index in [9.17, 15) is 9.50 Å². The Morgan fingerprint density at radius 2 is 2.08 bits per heavy atom. The van der Waals surface area contributed by atoms with Crippen molar-refractivity contribution in [2.45, 2.75) is 13.5 Å². The second-order valence-corrected chi connectivity index (χ2v) is 5.32. The Morgan fingerprint density at radius 3 is 2.88 bits per heavy atom. The summed E-state index contributed by atoms with van der Waals surface area (Å²) in [4.78, 5) is 7.91. The largest absolute Gasteiger partial charge is 0.390 e. The first-order chi connectivity index (χ1) is 11.7. The summed E-state index contributed by atoms with van der Waals surface area (Å²) in [7, 11) is 0. The molecule has 0 aromatic carbocycles. The molecule has 0 aliphatic rings. The van der Waals surface area contributed by atoms with Crippen LogP contribution in [0.4, 0.5) is 4.39 Å². The average Bonchev–Trinajstić information content (AvgIpc) is 3.18. The number of fused-ring (bicyclic) bond motifs is 1. The van der Waals surface area contributed by atoms with Gasteiger partial charge in [-0.3, -0.25) is 0 Å². The molecule has 4 heterocycles. The fourth-order valence-corrected chi connectivity index (χ4v) is 2.62. The van der Waals surface area contributed by atoms with Crippen LogP contribution in [0.1, 0.15) is 11.4 Å². The maximum absolute atomic E-state index is 13.9. The fraction of sp³-hybridized carbons (Fsp3) is 0.125. The van der Waals surface area contributed by atoms with Crippen LogP contribution in [0.15, 0.2) is 42.9 Å². The quantitative estimate of drug-likeness (QED) is 0.582. The van der Waals surface area contributed by atoms with Crippen molar-refractivity contribution in [2.24, 2.45) is 0 Å². The smallest absolute Gasteiger partial charge is 0.238 e. The van der Waals surface area contributed by atoms with Gasteiger partial charge < -0.3 is 9.51 Å². The average molecular weight is 324 g/mol. The van der Waals surface area contributed by atoms with Crippen molar-refractivity contribution in [3.05, 3.63) is 60.2 Å². The van der Waals surface area contributed by atoms with Crippen LogP contribution in [0.25, 0.3) is 22.6 Å². The summed E-state index contributed by atoms with van der Waals surface area (Å²) in [5.74, 6) is -0.602. The van der Waals surface area contributed by atoms with Gasteiger partial charge in [0.2, 0.25) is 5.95 Å². The summed E-state index contributed by atoms with van der Waals surface area (Å²) < 4.78 is 17.1. The van der Waals surface area contributed by atoms with E-state index >= 15 is 0 Å². The van der Waals surface area contributed by atoms with Crippen molar-refractivity contribution in [2.75, 3.05) is 0 Å². The molecule has 4 aromatic heterocycles. The molecule has 4 rings (SSSR count). The molecule has 0 saturated heterocycles. The molecule has 0 spiro atoms. The molecule has 0 amide bonds. The molecule has 0 aliphatic carbocycles. The van der Waals surface area contributed by atoms with Gasteiger partial charge in [0, 0.05) is 24.2 Å². The van der Waals surface area contributed by atoms with Crippen LogP contribution < -0.4 is 0 Å².